The lowest BCUT2D eigenvalue weighted by molar-refractivity contribution is 0.151. The number of allylic oxidation sites excluding steroid dienone is 2. The van der Waals surface area contributed by atoms with Crippen molar-refractivity contribution in [2.75, 3.05) is 0 Å². The van der Waals surface area contributed by atoms with Crippen molar-refractivity contribution in [3.8, 4) is 0 Å². The molecule has 0 aromatic rings. The van der Waals surface area contributed by atoms with E-state index in [4.69, 9.17) is 0 Å². The third-order valence-corrected chi connectivity index (χ3v) is 7.06. The fourth-order valence-corrected chi connectivity index (χ4v) is 5.28. The first kappa shape index (κ1) is 15.6. The Morgan fingerprint density at radius 3 is 1.90 bits per heavy atom. The Morgan fingerprint density at radius 1 is 0.810 bits per heavy atom. The van der Waals surface area contributed by atoms with Crippen molar-refractivity contribution < 1.29 is 0 Å². The van der Waals surface area contributed by atoms with Crippen LogP contribution in [0.3, 0.4) is 0 Å². The molecule has 0 aromatic carbocycles. The van der Waals surface area contributed by atoms with Gasteiger partial charge in [0.15, 0.2) is 0 Å². The maximum atomic E-state index is 2.45. The molecule has 0 heteroatoms. The third kappa shape index (κ3) is 4.36. The minimum Gasteiger partial charge on any atom is -0.0914 e. The molecule has 0 aliphatic heterocycles. The van der Waals surface area contributed by atoms with Crippen LogP contribution >= 0.6 is 0 Å². The van der Waals surface area contributed by atoms with Gasteiger partial charge >= 0.3 is 0 Å². The minimum absolute atomic E-state index is 0.906. The van der Waals surface area contributed by atoms with E-state index < -0.39 is 0 Å². The van der Waals surface area contributed by atoms with Gasteiger partial charge in [-0.25, -0.2) is 0 Å². The third-order valence-electron chi connectivity index (χ3n) is 7.06. The Bertz CT molecular complexity index is 326. The highest BCUT2D eigenvalue weighted by atomic mass is 14.4. The Hall–Kier alpha value is -0.260. The smallest absolute Gasteiger partial charge is 0.0233 e. The number of rotatable bonds is 5. The van der Waals surface area contributed by atoms with Crippen molar-refractivity contribution in [3.05, 3.63) is 12.2 Å². The molecule has 0 amide bonds. The van der Waals surface area contributed by atoms with Crippen molar-refractivity contribution in [2.24, 2.45) is 35.5 Å². The molecule has 0 heterocycles. The van der Waals surface area contributed by atoms with Crippen molar-refractivity contribution in [2.45, 2.75) is 84.5 Å². The maximum Gasteiger partial charge on any atom is -0.0233 e. The Labute approximate surface area is 132 Å². The summed E-state index contributed by atoms with van der Waals surface area (Å²) < 4.78 is 0. The van der Waals surface area contributed by atoms with E-state index >= 15 is 0 Å². The predicted molar refractivity (Wildman–Crippen MR) is 92.2 cm³/mol. The van der Waals surface area contributed by atoms with Crippen LogP contribution in [-0.4, -0.2) is 0 Å². The zero-order valence-corrected chi connectivity index (χ0v) is 14.4. The van der Waals surface area contributed by atoms with Gasteiger partial charge in [-0.1, -0.05) is 38.3 Å². The van der Waals surface area contributed by atoms with E-state index in [0.717, 1.165) is 35.5 Å². The number of hydrogen-bond donors (Lipinski definition) is 0. The van der Waals surface area contributed by atoms with Crippen LogP contribution in [0.1, 0.15) is 84.5 Å². The van der Waals surface area contributed by atoms with Gasteiger partial charge in [0.2, 0.25) is 0 Å². The second-order valence-corrected chi connectivity index (χ2v) is 8.53. The van der Waals surface area contributed by atoms with Gasteiger partial charge in [0.1, 0.15) is 0 Å². The van der Waals surface area contributed by atoms with Crippen LogP contribution in [0.4, 0.5) is 0 Å². The monoisotopic (exact) mass is 288 g/mol. The minimum atomic E-state index is 0.906. The molecule has 2 atom stereocenters. The molecule has 2 unspecified atom stereocenters. The van der Waals surface area contributed by atoms with E-state index in [1.165, 1.54) is 32.1 Å². The average molecular weight is 289 g/mol. The molecule has 0 N–H and O–H groups in total. The summed E-state index contributed by atoms with van der Waals surface area (Å²) in [6.07, 6.45) is 21.5. The van der Waals surface area contributed by atoms with Gasteiger partial charge in [-0.05, 0) is 93.8 Å². The molecule has 0 aromatic heterocycles. The van der Waals surface area contributed by atoms with Crippen molar-refractivity contribution >= 4 is 0 Å². The van der Waals surface area contributed by atoms with E-state index in [9.17, 15) is 0 Å². The zero-order chi connectivity index (χ0) is 14.7. The van der Waals surface area contributed by atoms with Gasteiger partial charge in [-0.15, -0.1) is 0 Å². The first-order valence-electron chi connectivity index (χ1n) is 9.89. The van der Waals surface area contributed by atoms with Crippen molar-refractivity contribution in [3.63, 3.8) is 0 Å². The first-order chi connectivity index (χ1) is 10.3. The molecule has 0 bridgehead atoms. The highest BCUT2D eigenvalue weighted by Gasteiger charge is 2.34. The Morgan fingerprint density at radius 2 is 1.38 bits per heavy atom. The van der Waals surface area contributed by atoms with Gasteiger partial charge in [-0.2, -0.15) is 0 Å². The summed E-state index contributed by atoms with van der Waals surface area (Å²) >= 11 is 0. The van der Waals surface area contributed by atoms with E-state index in [1.54, 1.807) is 38.5 Å². The first-order valence-corrected chi connectivity index (χ1v) is 9.89. The molecular formula is C21H36. The number of hydrogen-bond acceptors (Lipinski definition) is 0. The standard InChI is InChI=1S/C21H36/c1-3-4-17-5-10-19(11-6-17)20-12-7-18(8-13-20)9-14-21-15-16(21)2/h3-4,16-21H,5-15H2,1-2H3/b4-3+. The molecule has 21 heavy (non-hydrogen) atoms. The maximum absolute atomic E-state index is 2.45. The SMILES string of the molecule is C/C=C/C1CCC(C2CCC(CCC3CC3C)CC2)CC1. The second kappa shape index (κ2) is 7.34. The van der Waals surface area contributed by atoms with Crippen LogP contribution in [0.2, 0.25) is 0 Å². The Balaban J connectivity index is 1.34. The lowest BCUT2D eigenvalue weighted by Gasteiger charge is -2.37. The molecule has 120 valence electrons. The summed E-state index contributed by atoms with van der Waals surface area (Å²) in [7, 11) is 0. The molecule has 0 radical (unpaired) electrons. The fraction of sp³-hybridized carbons (Fsp3) is 0.905. The lowest BCUT2D eigenvalue weighted by Crippen LogP contribution is -2.25. The zero-order valence-electron chi connectivity index (χ0n) is 14.4. The second-order valence-electron chi connectivity index (χ2n) is 8.53. The fourth-order valence-electron chi connectivity index (χ4n) is 5.28. The summed E-state index contributed by atoms with van der Waals surface area (Å²) in [4.78, 5) is 0. The molecule has 3 saturated carbocycles. The predicted octanol–water partition coefficient (Wildman–Crippen LogP) is 6.61. The molecule has 3 rings (SSSR count). The topological polar surface area (TPSA) is 0 Å². The van der Waals surface area contributed by atoms with Gasteiger partial charge in [-0.3, -0.25) is 0 Å². The van der Waals surface area contributed by atoms with Gasteiger partial charge in [0.05, 0.1) is 0 Å². The van der Waals surface area contributed by atoms with Crippen LogP contribution in [0.5, 0.6) is 0 Å². The van der Waals surface area contributed by atoms with Crippen LogP contribution in [0, 0.1) is 35.5 Å². The highest BCUT2D eigenvalue weighted by molar-refractivity contribution is 4.91. The summed E-state index contributed by atoms with van der Waals surface area (Å²) in [5, 5.41) is 0. The largest absolute Gasteiger partial charge is 0.0914 e. The van der Waals surface area contributed by atoms with E-state index in [0.29, 0.717) is 0 Å². The summed E-state index contributed by atoms with van der Waals surface area (Å²) in [6.45, 7) is 4.61. The van der Waals surface area contributed by atoms with Crippen LogP contribution in [-0.2, 0) is 0 Å². The van der Waals surface area contributed by atoms with E-state index in [1.807, 2.05) is 0 Å². The van der Waals surface area contributed by atoms with Crippen molar-refractivity contribution in [1.82, 2.24) is 0 Å². The summed E-state index contributed by atoms with van der Waals surface area (Å²) in [5.74, 6) is 6.35. The molecule has 0 spiro atoms. The van der Waals surface area contributed by atoms with E-state index in [2.05, 4.69) is 26.0 Å². The molecule has 3 aliphatic carbocycles. The Kier molecular flexibility index (Phi) is 5.46. The van der Waals surface area contributed by atoms with Gasteiger partial charge in [0.25, 0.3) is 0 Å². The summed E-state index contributed by atoms with van der Waals surface area (Å²) in [5.41, 5.74) is 0. The molecule has 3 fully saturated rings. The average Bonchev–Trinajstić information content (AvgIpc) is 3.23. The van der Waals surface area contributed by atoms with Gasteiger partial charge in [0, 0.05) is 0 Å². The summed E-state index contributed by atoms with van der Waals surface area (Å²) in [6, 6.07) is 0. The highest BCUT2D eigenvalue weighted by Crippen LogP contribution is 2.45. The van der Waals surface area contributed by atoms with Crippen LogP contribution in [0.15, 0.2) is 12.2 Å². The van der Waals surface area contributed by atoms with Crippen LogP contribution in [0.25, 0.3) is 0 Å². The van der Waals surface area contributed by atoms with E-state index in [-0.39, 0.29) is 0 Å². The lowest BCUT2D eigenvalue weighted by atomic mass is 9.68. The van der Waals surface area contributed by atoms with Gasteiger partial charge < -0.3 is 0 Å². The normalized spacial score (nSPS) is 44.1. The van der Waals surface area contributed by atoms with Crippen molar-refractivity contribution in [1.29, 1.82) is 0 Å². The molecule has 3 aliphatic rings. The molecular weight excluding hydrogens is 252 g/mol. The van der Waals surface area contributed by atoms with Crippen LogP contribution < -0.4 is 0 Å². The molecule has 0 saturated heterocycles. The quantitative estimate of drug-likeness (QED) is 0.499. The molecule has 0 nitrogen and oxygen atoms in total.